The van der Waals surface area contributed by atoms with E-state index in [1.165, 1.54) is 6.33 Å². The molecule has 1 N–H and O–H groups in total. The molecule has 4 nitrogen and oxygen atoms in total. The van der Waals surface area contributed by atoms with Crippen LogP contribution in [0.1, 0.15) is 0 Å². The average molecular weight is 268 g/mol. The smallest absolute Gasteiger partial charge is 0.196 e. The fourth-order valence-electron chi connectivity index (χ4n) is 1.42. The molecule has 0 aliphatic rings. The lowest BCUT2D eigenvalue weighted by Crippen LogP contribution is -2.11. The highest BCUT2D eigenvalue weighted by Gasteiger charge is 2.13. The van der Waals surface area contributed by atoms with Crippen molar-refractivity contribution < 1.29 is 13.2 Å². The van der Waals surface area contributed by atoms with Gasteiger partial charge in [0.05, 0.1) is 5.69 Å². The van der Waals surface area contributed by atoms with Crippen molar-refractivity contribution in [2.45, 2.75) is 0 Å². The molecule has 0 spiro atoms. The zero-order valence-electron chi connectivity index (χ0n) is 10.3. The molecule has 0 saturated heterocycles. The summed E-state index contributed by atoms with van der Waals surface area (Å²) in [5, 5.41) is 2.58. The summed E-state index contributed by atoms with van der Waals surface area (Å²) in [5.74, 6) is -3.17. The summed E-state index contributed by atoms with van der Waals surface area (Å²) in [6.07, 6.45) is 1.29. The van der Waals surface area contributed by atoms with Crippen LogP contribution in [0.4, 0.5) is 30.5 Å². The van der Waals surface area contributed by atoms with Gasteiger partial charge in [0.2, 0.25) is 0 Å². The SMILES string of the molecule is CN(C)c1cc(Nc2ccc(F)c(F)c2F)ncn1. The van der Waals surface area contributed by atoms with Gasteiger partial charge in [-0.1, -0.05) is 0 Å². The van der Waals surface area contributed by atoms with Crippen molar-refractivity contribution >= 4 is 17.3 Å². The molecule has 0 fully saturated rings. The lowest BCUT2D eigenvalue weighted by atomic mass is 10.3. The number of benzene rings is 1. The number of hydrogen-bond donors (Lipinski definition) is 1. The summed E-state index contributed by atoms with van der Waals surface area (Å²) in [6, 6.07) is 3.50. The maximum Gasteiger partial charge on any atom is 0.196 e. The Labute approximate surface area is 107 Å². The number of anilines is 3. The van der Waals surface area contributed by atoms with E-state index in [-0.39, 0.29) is 11.5 Å². The fourth-order valence-corrected chi connectivity index (χ4v) is 1.42. The van der Waals surface area contributed by atoms with Gasteiger partial charge in [0, 0.05) is 20.2 Å². The zero-order chi connectivity index (χ0) is 14.0. The van der Waals surface area contributed by atoms with Gasteiger partial charge in [-0.3, -0.25) is 0 Å². The second-order valence-electron chi connectivity index (χ2n) is 4.00. The van der Waals surface area contributed by atoms with Crippen LogP contribution in [0, 0.1) is 17.5 Å². The minimum absolute atomic E-state index is 0.192. The maximum absolute atomic E-state index is 13.5. The van der Waals surface area contributed by atoms with E-state index in [0.717, 1.165) is 12.1 Å². The van der Waals surface area contributed by atoms with Crippen molar-refractivity contribution in [3.05, 3.63) is 42.0 Å². The summed E-state index contributed by atoms with van der Waals surface area (Å²) in [6.45, 7) is 0. The molecule has 0 saturated carbocycles. The van der Waals surface area contributed by atoms with Crippen molar-refractivity contribution in [1.29, 1.82) is 0 Å². The van der Waals surface area contributed by atoms with Crippen LogP contribution in [-0.2, 0) is 0 Å². The summed E-state index contributed by atoms with van der Waals surface area (Å²) in [5.41, 5.74) is -0.192. The standard InChI is InChI=1S/C12H11F3N4/c1-19(2)10-5-9(16-6-17-10)18-8-4-3-7(13)11(14)12(8)15/h3-6H,1-2H3,(H,16,17,18). The molecule has 0 radical (unpaired) electrons. The Morgan fingerprint density at radius 3 is 2.47 bits per heavy atom. The number of halogens is 3. The number of nitrogens with zero attached hydrogens (tertiary/aromatic N) is 3. The Morgan fingerprint density at radius 2 is 1.79 bits per heavy atom. The normalized spacial score (nSPS) is 10.4. The lowest BCUT2D eigenvalue weighted by Gasteiger charge is -2.12. The van der Waals surface area contributed by atoms with Crippen LogP contribution < -0.4 is 10.2 Å². The molecule has 1 aromatic heterocycles. The van der Waals surface area contributed by atoms with E-state index in [4.69, 9.17) is 0 Å². The van der Waals surface area contributed by atoms with Crippen LogP contribution in [0.15, 0.2) is 24.5 Å². The van der Waals surface area contributed by atoms with E-state index >= 15 is 0 Å². The highest BCUT2D eigenvalue weighted by atomic mass is 19.2. The summed E-state index contributed by atoms with van der Waals surface area (Å²) in [7, 11) is 3.56. The molecule has 2 rings (SSSR count). The third kappa shape index (κ3) is 2.75. The first-order valence-corrected chi connectivity index (χ1v) is 5.39. The fraction of sp³-hybridized carbons (Fsp3) is 0.167. The van der Waals surface area contributed by atoms with E-state index in [1.807, 2.05) is 0 Å². The molecular weight excluding hydrogens is 257 g/mol. The molecule has 100 valence electrons. The van der Waals surface area contributed by atoms with Gasteiger partial charge < -0.3 is 10.2 Å². The second-order valence-corrected chi connectivity index (χ2v) is 4.00. The Balaban J connectivity index is 2.31. The van der Waals surface area contributed by atoms with E-state index < -0.39 is 17.5 Å². The third-order valence-electron chi connectivity index (χ3n) is 2.41. The predicted octanol–water partition coefficient (Wildman–Crippen LogP) is 2.70. The van der Waals surface area contributed by atoms with Gasteiger partial charge >= 0.3 is 0 Å². The first-order chi connectivity index (χ1) is 8.99. The van der Waals surface area contributed by atoms with Crippen molar-refractivity contribution in [3.63, 3.8) is 0 Å². The maximum atomic E-state index is 13.5. The first-order valence-electron chi connectivity index (χ1n) is 5.39. The number of rotatable bonds is 3. The quantitative estimate of drug-likeness (QED) is 0.869. The van der Waals surface area contributed by atoms with E-state index in [9.17, 15) is 13.2 Å². The van der Waals surface area contributed by atoms with E-state index in [1.54, 1.807) is 25.1 Å². The van der Waals surface area contributed by atoms with Crippen molar-refractivity contribution in [3.8, 4) is 0 Å². The number of hydrogen-bond acceptors (Lipinski definition) is 4. The lowest BCUT2D eigenvalue weighted by molar-refractivity contribution is 0.449. The number of nitrogens with one attached hydrogen (secondary N) is 1. The van der Waals surface area contributed by atoms with Crippen LogP contribution in [-0.4, -0.2) is 24.1 Å². The second kappa shape index (κ2) is 5.13. The van der Waals surface area contributed by atoms with Gasteiger partial charge in [0.1, 0.15) is 18.0 Å². The van der Waals surface area contributed by atoms with Crippen LogP contribution >= 0.6 is 0 Å². The van der Waals surface area contributed by atoms with Crippen LogP contribution in [0.5, 0.6) is 0 Å². The van der Waals surface area contributed by atoms with E-state index in [2.05, 4.69) is 15.3 Å². The minimum atomic E-state index is -1.52. The summed E-state index contributed by atoms with van der Waals surface area (Å²) < 4.78 is 39.3. The molecule has 0 amide bonds. The molecule has 0 unspecified atom stereocenters. The molecule has 0 aliphatic heterocycles. The monoisotopic (exact) mass is 268 g/mol. The van der Waals surface area contributed by atoms with Crippen molar-refractivity contribution in [2.75, 3.05) is 24.3 Å². The van der Waals surface area contributed by atoms with Crippen LogP contribution in [0.25, 0.3) is 0 Å². The van der Waals surface area contributed by atoms with Crippen molar-refractivity contribution in [1.82, 2.24) is 9.97 Å². The van der Waals surface area contributed by atoms with Gasteiger partial charge in [-0.25, -0.2) is 23.1 Å². The van der Waals surface area contributed by atoms with E-state index in [0.29, 0.717) is 5.82 Å². The van der Waals surface area contributed by atoms with Crippen molar-refractivity contribution in [2.24, 2.45) is 0 Å². The molecule has 0 bridgehead atoms. The Bertz CT molecular complexity index is 602. The zero-order valence-corrected chi connectivity index (χ0v) is 10.3. The Hall–Kier alpha value is -2.31. The van der Waals surface area contributed by atoms with Gasteiger partial charge in [0.15, 0.2) is 17.5 Å². The highest BCUT2D eigenvalue weighted by molar-refractivity contribution is 5.59. The minimum Gasteiger partial charge on any atom is -0.363 e. The molecule has 1 heterocycles. The highest BCUT2D eigenvalue weighted by Crippen LogP contribution is 2.23. The summed E-state index contributed by atoms with van der Waals surface area (Å²) >= 11 is 0. The van der Waals surface area contributed by atoms with Gasteiger partial charge in [0.25, 0.3) is 0 Å². The molecular formula is C12H11F3N4. The third-order valence-corrected chi connectivity index (χ3v) is 2.41. The van der Waals surface area contributed by atoms with Gasteiger partial charge in [-0.05, 0) is 12.1 Å². The molecule has 7 heteroatoms. The molecule has 0 aliphatic carbocycles. The van der Waals surface area contributed by atoms with Crippen LogP contribution in [0.2, 0.25) is 0 Å². The summed E-state index contributed by atoms with van der Waals surface area (Å²) in [4.78, 5) is 9.59. The molecule has 19 heavy (non-hydrogen) atoms. The molecule has 1 aromatic carbocycles. The first kappa shape index (κ1) is 13.1. The molecule has 2 aromatic rings. The average Bonchev–Trinajstić information content (AvgIpc) is 2.40. The number of aromatic nitrogens is 2. The van der Waals surface area contributed by atoms with Crippen LogP contribution in [0.3, 0.4) is 0 Å². The molecule has 0 atom stereocenters. The largest absolute Gasteiger partial charge is 0.363 e. The Kier molecular flexibility index (Phi) is 3.55. The van der Waals surface area contributed by atoms with Gasteiger partial charge in [-0.15, -0.1) is 0 Å². The topological polar surface area (TPSA) is 41.0 Å². The Morgan fingerprint density at radius 1 is 1.05 bits per heavy atom. The predicted molar refractivity (Wildman–Crippen MR) is 66.0 cm³/mol. The van der Waals surface area contributed by atoms with Gasteiger partial charge in [-0.2, -0.15) is 0 Å².